The number of amides is 1. The van der Waals surface area contributed by atoms with E-state index in [-0.39, 0.29) is 11.5 Å². The fourth-order valence-corrected chi connectivity index (χ4v) is 3.67. The van der Waals surface area contributed by atoms with Crippen LogP contribution in [0, 0.1) is 0 Å². The maximum Gasteiger partial charge on any atom is 0.251 e. The topological polar surface area (TPSA) is 77.8 Å². The quantitative estimate of drug-likeness (QED) is 0.467. The molecule has 148 valence electrons. The van der Waals surface area contributed by atoms with Crippen LogP contribution in [0.5, 0.6) is 0 Å². The normalized spacial score (nSPS) is 11.4. The van der Waals surface area contributed by atoms with Crippen molar-refractivity contribution in [2.45, 2.75) is 32.6 Å². The molecule has 0 atom stereocenters. The van der Waals surface area contributed by atoms with Gasteiger partial charge in [0.2, 0.25) is 5.91 Å². The molecule has 2 heterocycles. The van der Waals surface area contributed by atoms with Gasteiger partial charge in [-0.3, -0.25) is 9.59 Å². The third-order valence-corrected chi connectivity index (χ3v) is 5.35. The highest BCUT2D eigenvalue weighted by atomic mass is 16.1. The number of H-pyrrole nitrogens is 2. The summed E-state index contributed by atoms with van der Waals surface area (Å²) in [5, 5.41) is 5.02. The lowest BCUT2D eigenvalue weighted by Crippen LogP contribution is -2.28. The van der Waals surface area contributed by atoms with Crippen LogP contribution >= 0.6 is 0 Å². The molecule has 4 rings (SSSR count). The number of carbonyl (C=O) groups excluding carboxylic acids is 1. The van der Waals surface area contributed by atoms with Crippen molar-refractivity contribution in [2.24, 2.45) is 0 Å². The Morgan fingerprint density at radius 1 is 1.03 bits per heavy atom. The average molecular weight is 387 g/mol. The Bertz CT molecular complexity index is 1230. The van der Waals surface area contributed by atoms with Crippen LogP contribution in [0.25, 0.3) is 21.8 Å². The van der Waals surface area contributed by atoms with Crippen LogP contribution < -0.4 is 10.9 Å². The maximum atomic E-state index is 12.4. The van der Waals surface area contributed by atoms with Gasteiger partial charge in [-0.25, -0.2) is 0 Å². The van der Waals surface area contributed by atoms with Crippen molar-refractivity contribution < 1.29 is 4.79 Å². The van der Waals surface area contributed by atoms with Crippen LogP contribution in [0.15, 0.2) is 59.5 Å². The Kier molecular flexibility index (Phi) is 5.21. The molecule has 0 aliphatic rings. The van der Waals surface area contributed by atoms with E-state index in [1.807, 2.05) is 48.7 Å². The lowest BCUT2D eigenvalue weighted by molar-refractivity contribution is -0.120. The number of hydrogen-bond donors (Lipinski definition) is 3. The van der Waals surface area contributed by atoms with Crippen LogP contribution in [0.3, 0.4) is 0 Å². The van der Waals surface area contributed by atoms with Crippen molar-refractivity contribution in [3.05, 3.63) is 81.8 Å². The summed E-state index contributed by atoms with van der Waals surface area (Å²) in [7, 11) is 0. The molecule has 2 aromatic carbocycles. The number of aromatic nitrogens is 2. The van der Waals surface area contributed by atoms with Crippen LogP contribution in [-0.2, 0) is 17.6 Å². The van der Waals surface area contributed by atoms with E-state index in [9.17, 15) is 9.59 Å². The molecule has 1 amide bonds. The summed E-state index contributed by atoms with van der Waals surface area (Å²) in [5.41, 5.74) is 4.67. The van der Waals surface area contributed by atoms with Crippen molar-refractivity contribution in [3.63, 3.8) is 0 Å². The van der Waals surface area contributed by atoms with E-state index in [4.69, 9.17) is 0 Å². The van der Waals surface area contributed by atoms with Crippen LogP contribution in [0.2, 0.25) is 0 Å². The van der Waals surface area contributed by atoms with Gasteiger partial charge in [0, 0.05) is 34.7 Å². The molecule has 2 aromatic heterocycles. The van der Waals surface area contributed by atoms with Crippen molar-refractivity contribution >= 4 is 27.7 Å². The SMILES string of the molecule is CC(C)c1ccc2[nH]c(=O)c(CCNC(=O)Cc3c[nH]c4ccccc34)cc2c1. The van der Waals surface area contributed by atoms with E-state index in [0.717, 1.165) is 27.4 Å². The lowest BCUT2D eigenvalue weighted by atomic mass is 10.0. The zero-order valence-electron chi connectivity index (χ0n) is 16.7. The number of rotatable bonds is 6. The maximum absolute atomic E-state index is 12.4. The summed E-state index contributed by atoms with van der Waals surface area (Å²) in [6.45, 7) is 4.73. The lowest BCUT2D eigenvalue weighted by Gasteiger charge is -2.09. The van der Waals surface area contributed by atoms with E-state index < -0.39 is 0 Å². The highest BCUT2D eigenvalue weighted by Gasteiger charge is 2.10. The molecule has 5 nitrogen and oxygen atoms in total. The fraction of sp³-hybridized carbons (Fsp3) is 0.250. The van der Waals surface area contributed by atoms with Gasteiger partial charge in [0.05, 0.1) is 6.42 Å². The van der Waals surface area contributed by atoms with E-state index in [1.165, 1.54) is 5.56 Å². The fourth-order valence-electron chi connectivity index (χ4n) is 3.67. The van der Waals surface area contributed by atoms with Crippen molar-refractivity contribution in [3.8, 4) is 0 Å². The zero-order valence-corrected chi connectivity index (χ0v) is 16.7. The van der Waals surface area contributed by atoms with Crippen molar-refractivity contribution in [1.82, 2.24) is 15.3 Å². The summed E-state index contributed by atoms with van der Waals surface area (Å²) >= 11 is 0. The van der Waals surface area contributed by atoms with Crippen LogP contribution in [0.1, 0.15) is 36.5 Å². The molecular formula is C24H25N3O2. The van der Waals surface area contributed by atoms with E-state index in [1.54, 1.807) is 0 Å². The largest absolute Gasteiger partial charge is 0.361 e. The van der Waals surface area contributed by atoms with Gasteiger partial charge in [0.25, 0.3) is 5.56 Å². The summed E-state index contributed by atoms with van der Waals surface area (Å²) < 4.78 is 0. The molecule has 5 heteroatoms. The summed E-state index contributed by atoms with van der Waals surface area (Å²) in [4.78, 5) is 30.8. The summed E-state index contributed by atoms with van der Waals surface area (Å²) in [6, 6.07) is 16.0. The van der Waals surface area contributed by atoms with Gasteiger partial charge in [0.15, 0.2) is 0 Å². The molecule has 0 fully saturated rings. The predicted octanol–water partition coefficient (Wildman–Crippen LogP) is 4.03. The molecule has 0 radical (unpaired) electrons. The van der Waals surface area contributed by atoms with Gasteiger partial charge >= 0.3 is 0 Å². The smallest absolute Gasteiger partial charge is 0.251 e. The molecule has 0 aliphatic carbocycles. The number of benzene rings is 2. The number of carbonyl (C=O) groups is 1. The monoisotopic (exact) mass is 387 g/mol. The van der Waals surface area contributed by atoms with Gasteiger partial charge in [0.1, 0.15) is 0 Å². The Labute approximate surface area is 169 Å². The third kappa shape index (κ3) is 4.09. The second-order valence-electron chi connectivity index (χ2n) is 7.76. The van der Waals surface area contributed by atoms with E-state index >= 15 is 0 Å². The standard InChI is InChI=1S/C24H25N3O2/c1-15(2)16-7-8-21-18(11-16)12-17(24(29)27-21)9-10-25-23(28)13-19-14-26-22-6-4-3-5-20(19)22/h3-8,11-12,14-15,26H,9-10,13H2,1-2H3,(H,25,28)(H,27,29). The summed E-state index contributed by atoms with van der Waals surface area (Å²) in [5.74, 6) is 0.382. The van der Waals surface area contributed by atoms with E-state index in [0.29, 0.717) is 30.9 Å². The van der Waals surface area contributed by atoms with Gasteiger partial charge in [-0.05, 0) is 53.1 Å². The first-order valence-corrected chi connectivity index (χ1v) is 9.99. The van der Waals surface area contributed by atoms with E-state index in [2.05, 4.69) is 35.2 Å². The minimum absolute atomic E-state index is 0.0472. The molecule has 0 aliphatic heterocycles. The zero-order chi connectivity index (χ0) is 20.4. The minimum atomic E-state index is -0.0966. The van der Waals surface area contributed by atoms with Gasteiger partial charge in [-0.15, -0.1) is 0 Å². The number of fused-ring (bicyclic) bond motifs is 2. The average Bonchev–Trinajstić information content (AvgIpc) is 3.11. The first-order valence-electron chi connectivity index (χ1n) is 9.99. The molecule has 0 unspecified atom stereocenters. The number of pyridine rings is 1. The molecule has 0 spiro atoms. The molecule has 29 heavy (non-hydrogen) atoms. The van der Waals surface area contributed by atoms with Crippen LogP contribution in [0.4, 0.5) is 0 Å². The second kappa shape index (κ2) is 7.95. The first kappa shape index (κ1) is 19.0. The Hall–Kier alpha value is -3.34. The number of aromatic amines is 2. The predicted molar refractivity (Wildman–Crippen MR) is 117 cm³/mol. The molecule has 0 saturated heterocycles. The third-order valence-electron chi connectivity index (χ3n) is 5.35. The van der Waals surface area contributed by atoms with Crippen LogP contribution in [-0.4, -0.2) is 22.4 Å². The number of para-hydroxylation sites is 1. The number of hydrogen-bond acceptors (Lipinski definition) is 2. The van der Waals surface area contributed by atoms with Gasteiger partial charge in [-0.1, -0.05) is 38.1 Å². The Morgan fingerprint density at radius 3 is 2.69 bits per heavy atom. The van der Waals surface area contributed by atoms with Gasteiger partial charge < -0.3 is 15.3 Å². The molecule has 4 aromatic rings. The molecular weight excluding hydrogens is 362 g/mol. The summed E-state index contributed by atoms with van der Waals surface area (Å²) in [6.07, 6.45) is 2.69. The number of nitrogens with one attached hydrogen (secondary N) is 3. The minimum Gasteiger partial charge on any atom is -0.361 e. The van der Waals surface area contributed by atoms with Gasteiger partial charge in [-0.2, -0.15) is 0 Å². The van der Waals surface area contributed by atoms with Crippen molar-refractivity contribution in [2.75, 3.05) is 6.54 Å². The highest BCUT2D eigenvalue weighted by Crippen LogP contribution is 2.20. The molecule has 0 bridgehead atoms. The van der Waals surface area contributed by atoms with Crippen molar-refractivity contribution in [1.29, 1.82) is 0 Å². The second-order valence-corrected chi connectivity index (χ2v) is 7.76. The highest BCUT2D eigenvalue weighted by molar-refractivity contribution is 5.88. The Morgan fingerprint density at radius 2 is 1.86 bits per heavy atom. The first-order chi connectivity index (χ1) is 14.0. The molecule has 0 saturated carbocycles. The Balaban J connectivity index is 1.42. The molecule has 3 N–H and O–H groups in total.